The molecule has 1 heterocycles. The number of ether oxygens (including phenoxy) is 2. The van der Waals surface area contributed by atoms with E-state index in [1.54, 1.807) is 42.3 Å². The fraction of sp³-hybridized carbons (Fsp3) is 0.350. The maximum atomic E-state index is 13.8. The molecule has 0 N–H and O–H groups in total. The van der Waals surface area contributed by atoms with Crippen molar-refractivity contribution in [2.45, 2.75) is 6.54 Å². The average molecular weight is 358 g/mol. The third kappa shape index (κ3) is 3.80. The number of benzene rings is 2. The van der Waals surface area contributed by atoms with E-state index in [1.165, 1.54) is 13.2 Å². The Morgan fingerprint density at radius 2 is 1.73 bits per heavy atom. The quantitative estimate of drug-likeness (QED) is 0.824. The second kappa shape index (κ2) is 8.19. The molecule has 0 bridgehead atoms. The van der Waals surface area contributed by atoms with Gasteiger partial charge in [0, 0.05) is 38.3 Å². The van der Waals surface area contributed by atoms with Gasteiger partial charge >= 0.3 is 0 Å². The Labute approximate surface area is 152 Å². The number of hydrogen-bond donors (Lipinski definition) is 0. The molecular formula is C20H23FN2O3. The first-order valence-electron chi connectivity index (χ1n) is 8.60. The average Bonchev–Trinajstić information content (AvgIpc) is 2.69. The van der Waals surface area contributed by atoms with Gasteiger partial charge in [0.1, 0.15) is 5.82 Å². The van der Waals surface area contributed by atoms with Crippen LogP contribution in [0.15, 0.2) is 42.5 Å². The molecule has 1 fully saturated rings. The first kappa shape index (κ1) is 18.2. The summed E-state index contributed by atoms with van der Waals surface area (Å²) in [5.41, 5.74) is 1.18. The van der Waals surface area contributed by atoms with E-state index in [2.05, 4.69) is 4.90 Å². The molecule has 0 aromatic heterocycles. The molecule has 0 aliphatic carbocycles. The highest BCUT2D eigenvalue weighted by Gasteiger charge is 2.25. The molecule has 0 atom stereocenters. The molecule has 26 heavy (non-hydrogen) atoms. The normalized spacial score (nSPS) is 15.0. The zero-order chi connectivity index (χ0) is 18.5. The van der Waals surface area contributed by atoms with E-state index in [1.807, 2.05) is 6.07 Å². The van der Waals surface area contributed by atoms with Crippen LogP contribution in [0.3, 0.4) is 0 Å². The number of carbonyl (C=O) groups is 1. The number of halogens is 1. The van der Waals surface area contributed by atoms with Crippen molar-refractivity contribution in [1.82, 2.24) is 9.80 Å². The Kier molecular flexibility index (Phi) is 5.73. The minimum atomic E-state index is -0.188. The zero-order valence-electron chi connectivity index (χ0n) is 15.1. The van der Waals surface area contributed by atoms with Crippen LogP contribution in [0, 0.1) is 5.82 Å². The van der Waals surface area contributed by atoms with Crippen LogP contribution in [0.5, 0.6) is 11.5 Å². The molecule has 0 saturated carbocycles. The summed E-state index contributed by atoms with van der Waals surface area (Å²) in [6.45, 7) is 3.14. The summed E-state index contributed by atoms with van der Waals surface area (Å²) in [5, 5.41) is 0. The molecule has 0 spiro atoms. The number of piperazine rings is 1. The molecule has 138 valence electrons. The third-order valence-corrected chi connectivity index (χ3v) is 4.64. The van der Waals surface area contributed by atoms with Crippen LogP contribution in [-0.2, 0) is 6.54 Å². The second-order valence-electron chi connectivity index (χ2n) is 6.20. The lowest BCUT2D eigenvalue weighted by molar-refractivity contribution is 0.0623. The number of amides is 1. The van der Waals surface area contributed by atoms with E-state index >= 15 is 0 Å². The van der Waals surface area contributed by atoms with Gasteiger partial charge in [-0.1, -0.05) is 24.3 Å². The maximum absolute atomic E-state index is 13.8. The largest absolute Gasteiger partial charge is 0.493 e. The Morgan fingerprint density at radius 3 is 2.38 bits per heavy atom. The molecule has 1 amide bonds. The summed E-state index contributed by atoms with van der Waals surface area (Å²) < 4.78 is 24.4. The first-order chi connectivity index (χ1) is 12.6. The van der Waals surface area contributed by atoms with Crippen molar-refractivity contribution in [2.75, 3.05) is 40.4 Å². The van der Waals surface area contributed by atoms with Crippen LogP contribution in [-0.4, -0.2) is 56.1 Å². The van der Waals surface area contributed by atoms with E-state index in [4.69, 9.17) is 9.47 Å². The zero-order valence-corrected chi connectivity index (χ0v) is 15.1. The predicted octanol–water partition coefficient (Wildman–Crippen LogP) is 2.80. The van der Waals surface area contributed by atoms with Gasteiger partial charge in [0.25, 0.3) is 5.91 Å². The number of carbonyl (C=O) groups excluding carboxylic acids is 1. The van der Waals surface area contributed by atoms with Crippen molar-refractivity contribution in [3.05, 3.63) is 59.4 Å². The third-order valence-electron chi connectivity index (χ3n) is 4.64. The topological polar surface area (TPSA) is 42.0 Å². The smallest absolute Gasteiger partial charge is 0.257 e. The van der Waals surface area contributed by atoms with Crippen LogP contribution in [0.1, 0.15) is 15.9 Å². The lowest BCUT2D eigenvalue weighted by Crippen LogP contribution is -2.48. The van der Waals surface area contributed by atoms with Gasteiger partial charge in [-0.15, -0.1) is 0 Å². The Morgan fingerprint density at radius 1 is 1.00 bits per heavy atom. The van der Waals surface area contributed by atoms with Gasteiger partial charge in [-0.3, -0.25) is 9.69 Å². The van der Waals surface area contributed by atoms with Gasteiger partial charge in [-0.2, -0.15) is 0 Å². The minimum Gasteiger partial charge on any atom is -0.493 e. The SMILES string of the molecule is COc1cccc(C(=O)N2CCN(Cc3ccccc3F)CC2)c1OC. The van der Waals surface area contributed by atoms with E-state index in [-0.39, 0.29) is 11.7 Å². The van der Waals surface area contributed by atoms with Crippen LogP contribution >= 0.6 is 0 Å². The van der Waals surface area contributed by atoms with Gasteiger partial charge < -0.3 is 14.4 Å². The highest BCUT2D eigenvalue weighted by atomic mass is 19.1. The molecule has 0 unspecified atom stereocenters. The molecule has 1 aliphatic heterocycles. The summed E-state index contributed by atoms with van der Waals surface area (Å²) in [5.74, 6) is 0.726. The standard InChI is InChI=1S/C20H23FN2O3/c1-25-18-9-5-7-16(19(18)26-2)20(24)23-12-10-22(11-13-23)14-15-6-3-4-8-17(15)21/h3-9H,10-14H2,1-2H3. The molecule has 2 aromatic carbocycles. The molecule has 1 aliphatic rings. The van der Waals surface area contributed by atoms with Gasteiger partial charge in [0.2, 0.25) is 0 Å². The monoisotopic (exact) mass is 358 g/mol. The number of para-hydroxylation sites is 1. The Hall–Kier alpha value is -2.60. The molecule has 1 saturated heterocycles. The summed E-state index contributed by atoms with van der Waals surface area (Å²) >= 11 is 0. The number of methoxy groups -OCH3 is 2. The summed E-state index contributed by atoms with van der Waals surface area (Å²) in [4.78, 5) is 16.8. The van der Waals surface area contributed by atoms with Crippen molar-refractivity contribution in [1.29, 1.82) is 0 Å². The van der Waals surface area contributed by atoms with Crippen LogP contribution < -0.4 is 9.47 Å². The van der Waals surface area contributed by atoms with Gasteiger partial charge in [0.05, 0.1) is 19.8 Å². The Balaban J connectivity index is 1.65. The summed E-state index contributed by atoms with van der Waals surface area (Å²) in [7, 11) is 3.08. The molecule has 3 rings (SSSR count). The lowest BCUT2D eigenvalue weighted by atomic mass is 10.1. The van der Waals surface area contributed by atoms with Gasteiger partial charge in [-0.25, -0.2) is 4.39 Å². The van der Waals surface area contributed by atoms with Crippen LogP contribution in [0.4, 0.5) is 4.39 Å². The van der Waals surface area contributed by atoms with Crippen molar-refractivity contribution in [3.8, 4) is 11.5 Å². The minimum absolute atomic E-state index is 0.0775. The second-order valence-corrected chi connectivity index (χ2v) is 6.20. The molecule has 6 heteroatoms. The summed E-state index contributed by atoms with van der Waals surface area (Å²) in [6, 6.07) is 12.1. The Bertz CT molecular complexity index is 773. The lowest BCUT2D eigenvalue weighted by Gasteiger charge is -2.35. The first-order valence-corrected chi connectivity index (χ1v) is 8.60. The van der Waals surface area contributed by atoms with Gasteiger partial charge in [-0.05, 0) is 18.2 Å². The van der Waals surface area contributed by atoms with Crippen molar-refractivity contribution >= 4 is 5.91 Å². The predicted molar refractivity (Wildman–Crippen MR) is 97.1 cm³/mol. The maximum Gasteiger partial charge on any atom is 0.257 e. The van der Waals surface area contributed by atoms with Crippen molar-refractivity contribution in [2.24, 2.45) is 0 Å². The van der Waals surface area contributed by atoms with E-state index < -0.39 is 0 Å². The fourth-order valence-corrected chi connectivity index (χ4v) is 3.20. The van der Waals surface area contributed by atoms with E-state index in [0.717, 1.165) is 0 Å². The van der Waals surface area contributed by atoms with Crippen LogP contribution in [0.25, 0.3) is 0 Å². The van der Waals surface area contributed by atoms with E-state index in [0.29, 0.717) is 55.3 Å². The molecule has 2 aromatic rings. The molecule has 5 nitrogen and oxygen atoms in total. The highest BCUT2D eigenvalue weighted by molar-refractivity contribution is 5.97. The van der Waals surface area contributed by atoms with Gasteiger partial charge in [0.15, 0.2) is 11.5 Å². The van der Waals surface area contributed by atoms with Crippen LogP contribution in [0.2, 0.25) is 0 Å². The fourth-order valence-electron chi connectivity index (χ4n) is 3.20. The van der Waals surface area contributed by atoms with Crippen molar-refractivity contribution in [3.63, 3.8) is 0 Å². The summed E-state index contributed by atoms with van der Waals surface area (Å²) in [6.07, 6.45) is 0. The van der Waals surface area contributed by atoms with E-state index in [9.17, 15) is 9.18 Å². The highest BCUT2D eigenvalue weighted by Crippen LogP contribution is 2.31. The number of hydrogen-bond acceptors (Lipinski definition) is 4. The number of rotatable bonds is 5. The molecular weight excluding hydrogens is 335 g/mol. The number of nitrogens with zero attached hydrogens (tertiary/aromatic N) is 2. The molecule has 0 radical (unpaired) electrons. The van der Waals surface area contributed by atoms with Crippen molar-refractivity contribution < 1.29 is 18.7 Å².